The van der Waals surface area contributed by atoms with Crippen LogP contribution in [0, 0.1) is 5.41 Å². The molecule has 1 saturated heterocycles. The number of nitrogens with zero attached hydrogens (tertiary/aromatic N) is 1. The maximum atomic E-state index is 3.78. The van der Waals surface area contributed by atoms with Crippen LogP contribution in [0.2, 0.25) is 0 Å². The molecule has 1 aliphatic rings. The van der Waals surface area contributed by atoms with Crippen molar-refractivity contribution in [3.05, 3.63) is 12.8 Å². The summed E-state index contributed by atoms with van der Waals surface area (Å²) in [4.78, 5) is 2.32. The van der Waals surface area contributed by atoms with Gasteiger partial charge in [0.1, 0.15) is 0 Å². The number of hydrogen-bond acceptors (Lipinski definition) is 1. The van der Waals surface area contributed by atoms with Gasteiger partial charge in [0, 0.05) is 12.6 Å². The Morgan fingerprint density at radius 2 is 2.20 bits per heavy atom. The Labute approximate surface area is 63.7 Å². The average molecular weight is 139 g/mol. The third-order valence-electron chi connectivity index (χ3n) is 2.26. The predicted octanol–water partition coefficient (Wildman–Crippen LogP) is 2.25. The molecule has 0 aromatic heterocycles. The lowest BCUT2D eigenvalue weighted by atomic mass is 9.91. The van der Waals surface area contributed by atoms with Crippen molar-refractivity contribution in [1.82, 2.24) is 4.90 Å². The molecule has 1 atom stereocenters. The van der Waals surface area contributed by atoms with E-state index in [1.807, 2.05) is 6.20 Å². The van der Waals surface area contributed by atoms with E-state index in [0.717, 1.165) is 6.54 Å². The second-order valence-electron chi connectivity index (χ2n) is 4.07. The second kappa shape index (κ2) is 2.30. The summed E-state index contributed by atoms with van der Waals surface area (Å²) in [5.74, 6) is 0. The highest BCUT2D eigenvalue weighted by atomic mass is 15.2. The van der Waals surface area contributed by atoms with Crippen molar-refractivity contribution in [1.29, 1.82) is 0 Å². The highest BCUT2D eigenvalue weighted by Crippen LogP contribution is 2.33. The first-order valence-corrected chi connectivity index (χ1v) is 3.93. The maximum Gasteiger partial charge on any atom is 0.0261 e. The van der Waals surface area contributed by atoms with Crippen LogP contribution in [-0.2, 0) is 0 Å². The third-order valence-corrected chi connectivity index (χ3v) is 2.26. The number of hydrogen-bond donors (Lipinski definition) is 0. The van der Waals surface area contributed by atoms with Crippen LogP contribution in [0.5, 0.6) is 0 Å². The van der Waals surface area contributed by atoms with Gasteiger partial charge < -0.3 is 4.90 Å². The van der Waals surface area contributed by atoms with Gasteiger partial charge in [-0.2, -0.15) is 0 Å². The molecule has 1 heteroatoms. The van der Waals surface area contributed by atoms with Crippen molar-refractivity contribution in [3.8, 4) is 0 Å². The summed E-state index contributed by atoms with van der Waals surface area (Å²) in [6, 6.07) is 0.687. The van der Waals surface area contributed by atoms with Crippen molar-refractivity contribution in [2.24, 2.45) is 5.41 Å². The van der Waals surface area contributed by atoms with Crippen LogP contribution in [-0.4, -0.2) is 17.5 Å². The van der Waals surface area contributed by atoms with E-state index < -0.39 is 0 Å². The Bertz CT molecular complexity index is 138. The van der Waals surface area contributed by atoms with Crippen molar-refractivity contribution in [3.63, 3.8) is 0 Å². The first-order valence-electron chi connectivity index (χ1n) is 3.93. The first-order chi connectivity index (χ1) is 4.55. The fraction of sp³-hybridized carbons (Fsp3) is 0.778. The van der Waals surface area contributed by atoms with Gasteiger partial charge in [0.2, 0.25) is 0 Å². The van der Waals surface area contributed by atoms with E-state index in [2.05, 4.69) is 32.3 Å². The van der Waals surface area contributed by atoms with E-state index in [1.165, 1.54) is 6.42 Å². The highest BCUT2D eigenvalue weighted by Gasteiger charge is 2.32. The molecular weight excluding hydrogens is 122 g/mol. The van der Waals surface area contributed by atoms with Crippen LogP contribution < -0.4 is 0 Å². The molecule has 0 bridgehead atoms. The van der Waals surface area contributed by atoms with Crippen LogP contribution >= 0.6 is 0 Å². The molecule has 10 heavy (non-hydrogen) atoms. The minimum absolute atomic E-state index is 0.494. The summed E-state index contributed by atoms with van der Waals surface area (Å²) >= 11 is 0. The lowest BCUT2D eigenvalue weighted by Crippen LogP contribution is -2.21. The fourth-order valence-electron chi connectivity index (χ4n) is 1.88. The molecule has 1 unspecified atom stereocenters. The predicted molar refractivity (Wildman–Crippen MR) is 44.8 cm³/mol. The molecule has 0 aliphatic carbocycles. The summed E-state index contributed by atoms with van der Waals surface area (Å²) in [6.45, 7) is 11.8. The molecule has 0 aromatic carbocycles. The zero-order chi connectivity index (χ0) is 7.78. The molecule has 0 N–H and O–H groups in total. The minimum atomic E-state index is 0.494. The standard InChI is InChI=1S/C9H17N/c1-5-10-7-9(3,4)6-8(10)2/h5,8H,1,6-7H2,2-4H3. The van der Waals surface area contributed by atoms with E-state index in [1.54, 1.807) is 0 Å². The summed E-state index contributed by atoms with van der Waals surface area (Å²) in [6.07, 6.45) is 3.25. The fourth-order valence-corrected chi connectivity index (χ4v) is 1.88. The lowest BCUT2D eigenvalue weighted by molar-refractivity contribution is 0.342. The monoisotopic (exact) mass is 139 g/mol. The van der Waals surface area contributed by atoms with Gasteiger partial charge in [-0.3, -0.25) is 0 Å². The quantitative estimate of drug-likeness (QED) is 0.538. The van der Waals surface area contributed by atoms with Crippen LogP contribution in [0.1, 0.15) is 27.2 Å². The first kappa shape index (κ1) is 7.64. The molecule has 1 heterocycles. The van der Waals surface area contributed by atoms with E-state index in [4.69, 9.17) is 0 Å². The van der Waals surface area contributed by atoms with Crippen LogP contribution in [0.15, 0.2) is 12.8 Å². The third kappa shape index (κ3) is 1.34. The van der Waals surface area contributed by atoms with Gasteiger partial charge in [0.15, 0.2) is 0 Å². The molecule has 0 radical (unpaired) electrons. The summed E-state index contributed by atoms with van der Waals surface area (Å²) in [5, 5.41) is 0. The summed E-state index contributed by atoms with van der Waals surface area (Å²) in [5.41, 5.74) is 0.494. The van der Waals surface area contributed by atoms with Crippen molar-refractivity contribution >= 4 is 0 Å². The van der Waals surface area contributed by atoms with Gasteiger partial charge in [-0.15, -0.1) is 0 Å². The Morgan fingerprint density at radius 3 is 2.40 bits per heavy atom. The molecular formula is C9H17N. The molecule has 0 spiro atoms. The van der Waals surface area contributed by atoms with Gasteiger partial charge >= 0.3 is 0 Å². The van der Waals surface area contributed by atoms with E-state index in [9.17, 15) is 0 Å². The molecule has 0 saturated carbocycles. The number of rotatable bonds is 1. The van der Waals surface area contributed by atoms with E-state index in [-0.39, 0.29) is 0 Å². The van der Waals surface area contributed by atoms with Crippen molar-refractivity contribution in [2.75, 3.05) is 6.54 Å². The molecule has 1 rings (SSSR count). The SMILES string of the molecule is C=CN1CC(C)(C)CC1C. The van der Waals surface area contributed by atoms with Gasteiger partial charge in [-0.05, 0) is 25.0 Å². The maximum absolute atomic E-state index is 3.78. The van der Waals surface area contributed by atoms with E-state index in [0.29, 0.717) is 11.5 Å². The van der Waals surface area contributed by atoms with Gasteiger partial charge in [0.25, 0.3) is 0 Å². The van der Waals surface area contributed by atoms with Gasteiger partial charge in [-0.1, -0.05) is 20.4 Å². The van der Waals surface area contributed by atoms with Gasteiger partial charge in [-0.25, -0.2) is 0 Å². The Hall–Kier alpha value is -0.460. The minimum Gasteiger partial charge on any atom is -0.375 e. The molecule has 1 fully saturated rings. The molecule has 0 aromatic rings. The van der Waals surface area contributed by atoms with Gasteiger partial charge in [0.05, 0.1) is 0 Å². The second-order valence-corrected chi connectivity index (χ2v) is 4.07. The molecule has 1 aliphatic heterocycles. The topological polar surface area (TPSA) is 3.24 Å². The Kier molecular flexibility index (Phi) is 1.76. The summed E-state index contributed by atoms with van der Waals surface area (Å²) in [7, 11) is 0. The zero-order valence-electron chi connectivity index (χ0n) is 7.22. The molecule has 0 amide bonds. The Morgan fingerprint density at radius 1 is 1.60 bits per heavy atom. The normalized spacial score (nSPS) is 30.7. The van der Waals surface area contributed by atoms with Crippen molar-refractivity contribution in [2.45, 2.75) is 33.2 Å². The van der Waals surface area contributed by atoms with E-state index >= 15 is 0 Å². The largest absolute Gasteiger partial charge is 0.375 e. The van der Waals surface area contributed by atoms with Crippen molar-refractivity contribution < 1.29 is 0 Å². The summed E-state index contributed by atoms with van der Waals surface area (Å²) < 4.78 is 0. The van der Waals surface area contributed by atoms with Crippen LogP contribution in [0.3, 0.4) is 0 Å². The highest BCUT2D eigenvalue weighted by molar-refractivity contribution is 4.92. The molecule has 1 nitrogen and oxygen atoms in total. The smallest absolute Gasteiger partial charge is 0.0261 e. The Balaban J connectivity index is 2.60. The molecule has 58 valence electrons. The van der Waals surface area contributed by atoms with Crippen LogP contribution in [0.4, 0.5) is 0 Å². The average Bonchev–Trinajstić information content (AvgIpc) is 2.05. The lowest BCUT2D eigenvalue weighted by Gasteiger charge is -2.18. The van der Waals surface area contributed by atoms with Crippen LogP contribution in [0.25, 0.3) is 0 Å². The number of likely N-dealkylation sites (tertiary alicyclic amines) is 1. The zero-order valence-corrected chi connectivity index (χ0v) is 7.22.